The molecule has 0 amide bonds. The number of hydrogen-bond acceptors (Lipinski definition) is 10. The number of ether oxygens (including phenoxy) is 2. The summed E-state index contributed by atoms with van der Waals surface area (Å²) in [4.78, 5) is 36.8. The fraction of sp³-hybridized carbons (Fsp3) is 0.562. The van der Waals surface area contributed by atoms with Crippen LogP contribution in [0.2, 0.25) is 0 Å². The SMILES string of the molecule is COC[C@H](O)CN1CCN(c2c([N+](=O)[O-])cc(C(=O)OC)cc2[N+](=O)[O-])CC1. The van der Waals surface area contributed by atoms with Crippen LogP contribution < -0.4 is 4.90 Å². The van der Waals surface area contributed by atoms with Gasteiger partial charge in [-0.25, -0.2) is 4.79 Å². The Labute approximate surface area is 160 Å². The number of nitrogens with zero attached hydrogens (tertiary/aromatic N) is 4. The number of rotatable bonds is 8. The number of nitro groups is 2. The van der Waals surface area contributed by atoms with Gasteiger partial charge < -0.3 is 19.5 Å². The van der Waals surface area contributed by atoms with Crippen LogP contribution in [0.4, 0.5) is 17.1 Å². The van der Waals surface area contributed by atoms with Crippen LogP contribution in [0.1, 0.15) is 10.4 Å². The topological polar surface area (TPSA) is 149 Å². The molecule has 1 aliphatic rings. The fourth-order valence-electron chi connectivity index (χ4n) is 3.14. The molecule has 1 aromatic rings. The van der Waals surface area contributed by atoms with E-state index in [1.807, 2.05) is 4.90 Å². The van der Waals surface area contributed by atoms with Crippen molar-refractivity contribution in [1.29, 1.82) is 0 Å². The first-order valence-corrected chi connectivity index (χ1v) is 8.48. The second kappa shape index (κ2) is 9.39. The highest BCUT2D eigenvalue weighted by Gasteiger charge is 2.34. The molecule has 12 nitrogen and oxygen atoms in total. The molecular weight excluding hydrogens is 376 g/mol. The highest BCUT2D eigenvalue weighted by molar-refractivity contribution is 5.94. The van der Waals surface area contributed by atoms with E-state index in [1.165, 1.54) is 7.11 Å². The lowest BCUT2D eigenvalue weighted by Gasteiger charge is -2.36. The van der Waals surface area contributed by atoms with Gasteiger partial charge in [0, 0.05) is 52.0 Å². The number of benzene rings is 1. The van der Waals surface area contributed by atoms with Crippen molar-refractivity contribution in [3.8, 4) is 0 Å². The summed E-state index contributed by atoms with van der Waals surface area (Å²) in [5, 5.41) is 32.9. The molecule has 0 aliphatic carbocycles. The second-order valence-electron chi connectivity index (χ2n) is 6.27. The van der Waals surface area contributed by atoms with E-state index in [9.17, 15) is 30.1 Å². The summed E-state index contributed by atoms with van der Waals surface area (Å²) in [6, 6.07) is 1.98. The van der Waals surface area contributed by atoms with Gasteiger partial charge in [0.05, 0.1) is 35.2 Å². The molecule has 0 saturated carbocycles. The number of carbonyl (C=O) groups is 1. The first-order chi connectivity index (χ1) is 13.3. The number of carbonyl (C=O) groups excluding carboxylic acids is 1. The van der Waals surface area contributed by atoms with Crippen molar-refractivity contribution in [3.05, 3.63) is 37.9 Å². The molecule has 1 atom stereocenters. The average Bonchev–Trinajstić information content (AvgIpc) is 2.67. The number of aliphatic hydroxyl groups excluding tert-OH is 1. The fourth-order valence-corrected chi connectivity index (χ4v) is 3.14. The summed E-state index contributed by atoms with van der Waals surface area (Å²) >= 11 is 0. The number of β-amino-alcohol motifs (C(OH)–C–C–N with tert-alkyl or cyclic N) is 1. The summed E-state index contributed by atoms with van der Waals surface area (Å²) in [6.07, 6.45) is -0.667. The molecule has 2 rings (SSSR count). The Kier molecular flexibility index (Phi) is 7.20. The van der Waals surface area contributed by atoms with Crippen LogP contribution in [0.3, 0.4) is 0 Å². The Morgan fingerprint density at radius 3 is 2.11 bits per heavy atom. The number of aliphatic hydroxyl groups is 1. The summed E-state index contributed by atoms with van der Waals surface area (Å²) in [5.41, 5.74) is -1.45. The van der Waals surface area contributed by atoms with E-state index in [0.29, 0.717) is 32.7 Å². The van der Waals surface area contributed by atoms with E-state index >= 15 is 0 Å². The van der Waals surface area contributed by atoms with Gasteiger partial charge in [-0.2, -0.15) is 0 Å². The van der Waals surface area contributed by atoms with Gasteiger partial charge in [-0.05, 0) is 0 Å². The number of hydrogen-bond donors (Lipinski definition) is 1. The van der Waals surface area contributed by atoms with Crippen molar-refractivity contribution in [3.63, 3.8) is 0 Å². The lowest BCUT2D eigenvalue weighted by Crippen LogP contribution is -2.49. The normalized spacial score (nSPS) is 15.9. The van der Waals surface area contributed by atoms with Gasteiger partial charge in [0.25, 0.3) is 0 Å². The predicted octanol–water partition coefficient (Wildman–Crippen LogP) is 0.419. The van der Waals surface area contributed by atoms with Crippen molar-refractivity contribution in [1.82, 2.24) is 4.90 Å². The molecule has 0 radical (unpaired) electrons. The zero-order valence-corrected chi connectivity index (χ0v) is 15.6. The van der Waals surface area contributed by atoms with Crippen LogP contribution >= 0.6 is 0 Å². The van der Waals surface area contributed by atoms with Gasteiger partial charge in [0.1, 0.15) is 0 Å². The quantitative estimate of drug-likeness (QED) is 0.371. The minimum atomic E-state index is -0.894. The third-order valence-corrected chi connectivity index (χ3v) is 4.40. The van der Waals surface area contributed by atoms with Crippen LogP contribution in [0.15, 0.2) is 12.1 Å². The minimum Gasteiger partial charge on any atom is -0.465 e. The Balaban J connectivity index is 2.31. The van der Waals surface area contributed by atoms with Gasteiger partial charge in [0.15, 0.2) is 5.69 Å². The Morgan fingerprint density at radius 1 is 1.14 bits per heavy atom. The second-order valence-corrected chi connectivity index (χ2v) is 6.27. The van der Waals surface area contributed by atoms with Crippen molar-refractivity contribution in [2.45, 2.75) is 6.10 Å². The van der Waals surface area contributed by atoms with Crippen LogP contribution in [0.5, 0.6) is 0 Å². The van der Waals surface area contributed by atoms with Gasteiger partial charge in [-0.15, -0.1) is 0 Å². The largest absolute Gasteiger partial charge is 0.465 e. The first-order valence-electron chi connectivity index (χ1n) is 8.48. The Bertz CT molecular complexity index is 713. The lowest BCUT2D eigenvalue weighted by molar-refractivity contribution is -0.392. The maximum Gasteiger partial charge on any atom is 0.338 e. The maximum atomic E-state index is 11.7. The molecule has 1 saturated heterocycles. The number of piperazine rings is 1. The highest BCUT2D eigenvalue weighted by Crippen LogP contribution is 2.39. The monoisotopic (exact) mass is 398 g/mol. The van der Waals surface area contributed by atoms with Crippen molar-refractivity contribution >= 4 is 23.0 Å². The zero-order valence-electron chi connectivity index (χ0n) is 15.6. The molecule has 0 bridgehead atoms. The molecule has 28 heavy (non-hydrogen) atoms. The number of nitro benzene ring substituents is 2. The molecule has 154 valence electrons. The van der Waals surface area contributed by atoms with Crippen LogP contribution in [-0.4, -0.2) is 85.5 Å². The van der Waals surface area contributed by atoms with Gasteiger partial charge in [-0.3, -0.25) is 25.1 Å². The number of anilines is 1. The van der Waals surface area contributed by atoms with Crippen LogP contribution in [0.25, 0.3) is 0 Å². The molecule has 0 spiro atoms. The van der Waals surface area contributed by atoms with Gasteiger partial charge >= 0.3 is 17.3 Å². The van der Waals surface area contributed by atoms with Crippen molar-refractivity contribution in [2.75, 3.05) is 58.5 Å². The number of methoxy groups -OCH3 is 2. The smallest absolute Gasteiger partial charge is 0.338 e. The lowest BCUT2D eigenvalue weighted by atomic mass is 10.1. The molecule has 0 unspecified atom stereocenters. The van der Waals surface area contributed by atoms with Crippen molar-refractivity contribution < 1.29 is 29.2 Å². The average molecular weight is 398 g/mol. The first kappa shape index (κ1) is 21.5. The third kappa shape index (κ3) is 4.91. The van der Waals surface area contributed by atoms with Gasteiger partial charge in [0.2, 0.25) is 0 Å². The summed E-state index contributed by atoms with van der Waals surface area (Å²) in [7, 11) is 2.57. The molecule has 0 aromatic heterocycles. The molecule has 1 N–H and O–H groups in total. The van der Waals surface area contributed by atoms with Crippen LogP contribution in [0, 0.1) is 20.2 Å². The van der Waals surface area contributed by atoms with Crippen LogP contribution in [-0.2, 0) is 9.47 Å². The van der Waals surface area contributed by atoms with Crippen molar-refractivity contribution in [2.24, 2.45) is 0 Å². The summed E-state index contributed by atoms with van der Waals surface area (Å²) in [6.45, 7) is 2.04. The number of esters is 1. The maximum absolute atomic E-state index is 11.7. The highest BCUT2D eigenvalue weighted by atomic mass is 16.6. The third-order valence-electron chi connectivity index (χ3n) is 4.40. The van der Waals surface area contributed by atoms with E-state index in [0.717, 1.165) is 19.2 Å². The van der Waals surface area contributed by atoms with E-state index in [4.69, 9.17) is 4.74 Å². The molecular formula is C16H22N4O8. The summed E-state index contributed by atoms with van der Waals surface area (Å²) < 4.78 is 9.41. The van der Waals surface area contributed by atoms with E-state index in [-0.39, 0.29) is 17.9 Å². The predicted molar refractivity (Wildman–Crippen MR) is 97.6 cm³/mol. The molecule has 12 heteroatoms. The summed E-state index contributed by atoms with van der Waals surface area (Å²) in [5.74, 6) is -0.894. The Morgan fingerprint density at radius 2 is 1.68 bits per heavy atom. The van der Waals surface area contributed by atoms with Gasteiger partial charge in [-0.1, -0.05) is 0 Å². The van der Waals surface area contributed by atoms with E-state index in [2.05, 4.69) is 4.74 Å². The van der Waals surface area contributed by atoms with E-state index in [1.54, 1.807) is 4.90 Å². The van der Waals surface area contributed by atoms with E-state index < -0.39 is 33.3 Å². The zero-order chi connectivity index (χ0) is 20.8. The molecule has 1 aliphatic heterocycles. The molecule has 1 aromatic carbocycles. The molecule has 1 fully saturated rings. The Hall–Kier alpha value is -2.83. The minimum absolute atomic E-state index is 0.139. The molecule has 1 heterocycles. The standard InChI is InChI=1S/C16H22N4O8/c1-27-10-12(21)9-17-3-5-18(6-4-17)15-13(19(23)24)7-11(16(22)28-2)8-14(15)20(25)26/h7-8,12,21H,3-6,9-10H2,1-2H3/t12-/m1/s1.